The van der Waals surface area contributed by atoms with Gasteiger partial charge in [-0.15, -0.1) is 0 Å². The molecule has 0 atom stereocenters. The second-order valence-corrected chi connectivity index (χ2v) is 7.21. The highest BCUT2D eigenvalue weighted by molar-refractivity contribution is 5.91. The SMILES string of the molecule is Cc1cncc(CN2CCN(c3ccc4ncnc(N(C)C)c4c3)CC2)n1. The van der Waals surface area contributed by atoms with Gasteiger partial charge in [-0.05, 0) is 25.1 Å². The zero-order chi connectivity index (χ0) is 18.8. The Morgan fingerprint density at radius 2 is 1.85 bits per heavy atom. The highest BCUT2D eigenvalue weighted by Crippen LogP contribution is 2.27. The van der Waals surface area contributed by atoms with E-state index in [0.29, 0.717) is 0 Å². The predicted octanol–water partition coefficient (Wildman–Crippen LogP) is 2.12. The van der Waals surface area contributed by atoms with Gasteiger partial charge >= 0.3 is 0 Å². The Balaban J connectivity index is 1.47. The summed E-state index contributed by atoms with van der Waals surface area (Å²) in [6.07, 6.45) is 5.29. The van der Waals surface area contributed by atoms with Crippen molar-refractivity contribution in [3.05, 3.63) is 48.3 Å². The summed E-state index contributed by atoms with van der Waals surface area (Å²) in [6, 6.07) is 6.47. The van der Waals surface area contributed by atoms with Gasteiger partial charge in [0, 0.05) is 70.3 Å². The van der Waals surface area contributed by atoms with Crippen molar-refractivity contribution < 1.29 is 0 Å². The predicted molar refractivity (Wildman–Crippen MR) is 108 cm³/mol. The van der Waals surface area contributed by atoms with Crippen molar-refractivity contribution in [1.82, 2.24) is 24.8 Å². The number of piperazine rings is 1. The van der Waals surface area contributed by atoms with E-state index in [1.165, 1.54) is 5.69 Å². The molecule has 7 heteroatoms. The number of anilines is 2. The van der Waals surface area contributed by atoms with Crippen LogP contribution < -0.4 is 9.80 Å². The Morgan fingerprint density at radius 3 is 2.59 bits per heavy atom. The van der Waals surface area contributed by atoms with Crippen molar-refractivity contribution in [2.75, 3.05) is 50.1 Å². The van der Waals surface area contributed by atoms with Crippen LogP contribution >= 0.6 is 0 Å². The first-order chi connectivity index (χ1) is 13.1. The minimum Gasteiger partial charge on any atom is -0.369 e. The molecule has 1 saturated heterocycles. The molecule has 0 amide bonds. The molecule has 1 aliphatic rings. The van der Waals surface area contributed by atoms with Crippen LogP contribution in [0.3, 0.4) is 0 Å². The average molecular weight is 363 g/mol. The van der Waals surface area contributed by atoms with E-state index in [1.54, 1.807) is 12.5 Å². The number of hydrogen-bond donors (Lipinski definition) is 0. The van der Waals surface area contributed by atoms with Gasteiger partial charge < -0.3 is 9.80 Å². The summed E-state index contributed by atoms with van der Waals surface area (Å²) in [6.45, 7) is 6.86. The molecular weight excluding hydrogens is 338 g/mol. The van der Waals surface area contributed by atoms with Crippen LogP contribution in [0.1, 0.15) is 11.4 Å². The van der Waals surface area contributed by atoms with E-state index in [1.807, 2.05) is 32.1 Å². The highest BCUT2D eigenvalue weighted by atomic mass is 15.3. The second kappa shape index (κ2) is 7.44. The lowest BCUT2D eigenvalue weighted by atomic mass is 10.1. The van der Waals surface area contributed by atoms with E-state index in [9.17, 15) is 0 Å². The Bertz CT molecular complexity index is 933. The van der Waals surface area contributed by atoms with Gasteiger partial charge in [0.05, 0.1) is 16.9 Å². The number of benzene rings is 1. The molecular formula is C20H25N7. The van der Waals surface area contributed by atoms with E-state index in [2.05, 4.69) is 47.9 Å². The molecule has 1 aromatic carbocycles. The molecule has 3 aromatic rings. The smallest absolute Gasteiger partial charge is 0.139 e. The molecule has 3 heterocycles. The van der Waals surface area contributed by atoms with Crippen LogP contribution in [-0.2, 0) is 6.54 Å². The third-order valence-corrected chi connectivity index (χ3v) is 4.95. The standard InChI is InChI=1S/C20H25N7/c1-15-11-21-12-16(24-15)13-26-6-8-27(9-7-26)17-4-5-19-18(10-17)20(25(2)3)23-14-22-19/h4-5,10-12,14H,6-9,13H2,1-3H3. The van der Waals surface area contributed by atoms with Crippen LogP contribution in [0.5, 0.6) is 0 Å². The first-order valence-corrected chi connectivity index (χ1v) is 9.27. The van der Waals surface area contributed by atoms with Crippen LogP contribution in [-0.4, -0.2) is 65.1 Å². The summed E-state index contributed by atoms with van der Waals surface area (Å²) in [5.74, 6) is 0.957. The van der Waals surface area contributed by atoms with Crippen molar-refractivity contribution in [2.24, 2.45) is 0 Å². The molecule has 1 fully saturated rings. The molecule has 0 spiro atoms. The number of hydrogen-bond acceptors (Lipinski definition) is 7. The maximum Gasteiger partial charge on any atom is 0.139 e. The maximum atomic E-state index is 4.57. The number of nitrogens with zero attached hydrogens (tertiary/aromatic N) is 7. The van der Waals surface area contributed by atoms with Gasteiger partial charge in [0.2, 0.25) is 0 Å². The quantitative estimate of drug-likeness (QED) is 0.703. The van der Waals surface area contributed by atoms with Crippen molar-refractivity contribution >= 4 is 22.4 Å². The first kappa shape index (κ1) is 17.6. The average Bonchev–Trinajstić information content (AvgIpc) is 2.67. The number of aryl methyl sites for hydroxylation is 1. The van der Waals surface area contributed by atoms with Gasteiger partial charge in [-0.3, -0.25) is 14.9 Å². The Hall–Kier alpha value is -2.80. The lowest BCUT2D eigenvalue weighted by Gasteiger charge is -2.36. The summed E-state index contributed by atoms with van der Waals surface area (Å²) in [4.78, 5) is 24.6. The molecule has 0 radical (unpaired) electrons. The van der Waals surface area contributed by atoms with Gasteiger partial charge in [-0.2, -0.15) is 0 Å². The van der Waals surface area contributed by atoms with Crippen LogP contribution in [0.2, 0.25) is 0 Å². The molecule has 0 bridgehead atoms. The van der Waals surface area contributed by atoms with Crippen LogP contribution in [0, 0.1) is 6.92 Å². The van der Waals surface area contributed by atoms with Gasteiger partial charge in [-0.25, -0.2) is 9.97 Å². The fourth-order valence-electron chi connectivity index (χ4n) is 3.57. The van der Waals surface area contributed by atoms with Crippen molar-refractivity contribution in [3.8, 4) is 0 Å². The normalized spacial score (nSPS) is 15.3. The fourth-order valence-corrected chi connectivity index (χ4v) is 3.57. The van der Waals surface area contributed by atoms with Gasteiger partial charge in [0.25, 0.3) is 0 Å². The third kappa shape index (κ3) is 3.83. The van der Waals surface area contributed by atoms with Crippen LogP contribution in [0.25, 0.3) is 10.9 Å². The van der Waals surface area contributed by atoms with Crippen molar-refractivity contribution in [2.45, 2.75) is 13.5 Å². The molecule has 4 rings (SSSR count). The van der Waals surface area contributed by atoms with E-state index >= 15 is 0 Å². The second-order valence-electron chi connectivity index (χ2n) is 7.21. The maximum absolute atomic E-state index is 4.57. The molecule has 0 unspecified atom stereocenters. The zero-order valence-electron chi connectivity index (χ0n) is 16.1. The molecule has 0 N–H and O–H groups in total. The fraction of sp³-hybridized carbons (Fsp3) is 0.400. The molecule has 140 valence electrons. The number of fused-ring (bicyclic) bond motifs is 1. The van der Waals surface area contributed by atoms with E-state index < -0.39 is 0 Å². The lowest BCUT2D eigenvalue weighted by Crippen LogP contribution is -2.46. The van der Waals surface area contributed by atoms with Gasteiger partial charge in [0.1, 0.15) is 12.1 Å². The summed E-state index contributed by atoms with van der Waals surface area (Å²) < 4.78 is 0. The van der Waals surface area contributed by atoms with Crippen molar-refractivity contribution in [3.63, 3.8) is 0 Å². The third-order valence-electron chi connectivity index (χ3n) is 4.95. The van der Waals surface area contributed by atoms with Gasteiger partial charge in [0.15, 0.2) is 0 Å². The van der Waals surface area contributed by atoms with Crippen molar-refractivity contribution in [1.29, 1.82) is 0 Å². The Morgan fingerprint density at radius 1 is 1.04 bits per heavy atom. The Labute approximate surface area is 159 Å². The highest BCUT2D eigenvalue weighted by Gasteiger charge is 2.19. The van der Waals surface area contributed by atoms with Crippen LogP contribution in [0.4, 0.5) is 11.5 Å². The zero-order valence-corrected chi connectivity index (χ0v) is 16.1. The van der Waals surface area contributed by atoms with E-state index in [-0.39, 0.29) is 0 Å². The molecule has 27 heavy (non-hydrogen) atoms. The summed E-state index contributed by atoms with van der Waals surface area (Å²) in [5, 5.41) is 1.09. The topological polar surface area (TPSA) is 61.3 Å². The Kier molecular flexibility index (Phi) is 4.85. The van der Waals surface area contributed by atoms with Crippen LogP contribution in [0.15, 0.2) is 36.9 Å². The van der Waals surface area contributed by atoms with E-state index in [4.69, 9.17) is 0 Å². The summed E-state index contributed by atoms with van der Waals surface area (Å²) in [5.41, 5.74) is 4.23. The number of rotatable bonds is 4. The summed E-state index contributed by atoms with van der Waals surface area (Å²) >= 11 is 0. The monoisotopic (exact) mass is 363 g/mol. The lowest BCUT2D eigenvalue weighted by molar-refractivity contribution is 0.246. The summed E-state index contributed by atoms with van der Waals surface area (Å²) in [7, 11) is 4.03. The largest absolute Gasteiger partial charge is 0.369 e. The molecule has 0 aliphatic carbocycles. The molecule has 2 aromatic heterocycles. The molecule has 7 nitrogen and oxygen atoms in total. The molecule has 0 saturated carbocycles. The number of aromatic nitrogens is 4. The minimum absolute atomic E-state index is 0.860. The first-order valence-electron chi connectivity index (χ1n) is 9.27. The molecule has 1 aliphatic heterocycles. The minimum atomic E-state index is 0.860. The van der Waals surface area contributed by atoms with Gasteiger partial charge in [-0.1, -0.05) is 0 Å². The van der Waals surface area contributed by atoms with E-state index in [0.717, 1.165) is 60.8 Å².